The molecule has 1 aliphatic rings. The standard InChI is InChI=1S/C24H30F3N3O4/c1-15-12-30(13-16(2)33-15)20-7-5-17(9-19(20)25)11-28-24(31)29(3)14-18-6-8-21(34-23(26)27)22(10-18)32-4/h5-10,15-16,23H,11-14H2,1-4H3,(H,28,31). The Morgan fingerprint density at radius 1 is 1.15 bits per heavy atom. The smallest absolute Gasteiger partial charge is 0.387 e. The number of amides is 2. The zero-order chi connectivity index (χ0) is 24.8. The van der Waals surface area contributed by atoms with Crippen molar-refractivity contribution in [2.24, 2.45) is 0 Å². The summed E-state index contributed by atoms with van der Waals surface area (Å²) in [6.45, 7) is 2.54. The summed E-state index contributed by atoms with van der Waals surface area (Å²) in [6, 6.07) is 9.04. The first kappa shape index (κ1) is 25.5. The highest BCUT2D eigenvalue weighted by molar-refractivity contribution is 5.74. The summed E-state index contributed by atoms with van der Waals surface area (Å²) < 4.78 is 54.9. The fourth-order valence-electron chi connectivity index (χ4n) is 3.95. The van der Waals surface area contributed by atoms with E-state index in [0.29, 0.717) is 29.9 Å². The van der Waals surface area contributed by atoms with Gasteiger partial charge in [-0.05, 0) is 49.2 Å². The van der Waals surface area contributed by atoms with E-state index in [1.807, 2.05) is 18.7 Å². The van der Waals surface area contributed by atoms with Gasteiger partial charge >= 0.3 is 12.6 Å². The number of nitrogens with one attached hydrogen (secondary N) is 1. The lowest BCUT2D eigenvalue weighted by Crippen LogP contribution is -2.45. The molecule has 0 radical (unpaired) electrons. The van der Waals surface area contributed by atoms with Gasteiger partial charge in [0.25, 0.3) is 0 Å². The number of carbonyl (C=O) groups excluding carboxylic acids is 1. The number of morpholine rings is 1. The number of urea groups is 1. The van der Waals surface area contributed by atoms with Crippen LogP contribution in [-0.4, -0.2) is 57.0 Å². The minimum absolute atomic E-state index is 0.0191. The lowest BCUT2D eigenvalue weighted by atomic mass is 10.1. The Bertz CT molecular complexity index is 982. The number of methoxy groups -OCH3 is 1. The Morgan fingerprint density at radius 3 is 2.44 bits per heavy atom. The van der Waals surface area contributed by atoms with E-state index in [1.54, 1.807) is 25.2 Å². The quantitative estimate of drug-likeness (QED) is 0.606. The number of hydrogen-bond acceptors (Lipinski definition) is 5. The maximum absolute atomic E-state index is 14.8. The van der Waals surface area contributed by atoms with E-state index in [1.165, 1.54) is 30.2 Å². The van der Waals surface area contributed by atoms with E-state index in [-0.39, 0.29) is 48.6 Å². The topological polar surface area (TPSA) is 63.3 Å². The van der Waals surface area contributed by atoms with E-state index in [2.05, 4.69) is 10.1 Å². The SMILES string of the molecule is COc1cc(CN(C)C(=O)NCc2ccc(N3CC(C)OC(C)C3)c(F)c2)ccc1OC(F)F. The number of anilines is 1. The van der Waals surface area contributed by atoms with Crippen LogP contribution >= 0.6 is 0 Å². The highest BCUT2D eigenvalue weighted by Crippen LogP contribution is 2.30. The van der Waals surface area contributed by atoms with E-state index < -0.39 is 6.61 Å². The molecule has 0 aliphatic carbocycles. The number of halogens is 3. The first-order valence-corrected chi connectivity index (χ1v) is 11.0. The molecule has 0 aromatic heterocycles. The van der Waals surface area contributed by atoms with Gasteiger partial charge in [0.1, 0.15) is 5.82 Å². The van der Waals surface area contributed by atoms with Crippen LogP contribution in [0.2, 0.25) is 0 Å². The number of carbonyl (C=O) groups is 1. The number of alkyl halides is 2. The van der Waals surface area contributed by atoms with Crippen molar-refractivity contribution in [1.29, 1.82) is 0 Å². The number of rotatable bonds is 8. The fraction of sp³-hybridized carbons (Fsp3) is 0.458. The molecule has 0 spiro atoms. The van der Waals surface area contributed by atoms with Gasteiger partial charge in [0.2, 0.25) is 0 Å². The van der Waals surface area contributed by atoms with Gasteiger partial charge in [-0.2, -0.15) is 8.78 Å². The second kappa shape index (κ2) is 11.3. The van der Waals surface area contributed by atoms with Crippen molar-refractivity contribution < 1.29 is 32.2 Å². The molecule has 10 heteroatoms. The van der Waals surface area contributed by atoms with Gasteiger partial charge in [-0.1, -0.05) is 12.1 Å². The lowest BCUT2D eigenvalue weighted by Gasteiger charge is -2.37. The second-order valence-electron chi connectivity index (χ2n) is 8.33. The van der Waals surface area contributed by atoms with Crippen molar-refractivity contribution in [3.63, 3.8) is 0 Å². The van der Waals surface area contributed by atoms with E-state index in [0.717, 1.165) is 0 Å². The zero-order valence-electron chi connectivity index (χ0n) is 19.7. The van der Waals surface area contributed by atoms with Gasteiger partial charge in [0.05, 0.1) is 25.0 Å². The molecule has 0 bridgehead atoms. The third kappa shape index (κ3) is 6.69. The number of hydrogen-bond donors (Lipinski definition) is 1. The van der Waals surface area contributed by atoms with Crippen molar-refractivity contribution >= 4 is 11.7 Å². The van der Waals surface area contributed by atoms with Crippen molar-refractivity contribution in [2.45, 2.75) is 45.8 Å². The van der Waals surface area contributed by atoms with E-state index in [9.17, 15) is 18.0 Å². The lowest BCUT2D eigenvalue weighted by molar-refractivity contribution is -0.0512. The molecule has 1 fully saturated rings. The Balaban J connectivity index is 1.56. The van der Waals surface area contributed by atoms with Crippen LogP contribution in [0.1, 0.15) is 25.0 Å². The molecule has 2 atom stereocenters. The molecule has 186 valence electrons. The minimum atomic E-state index is -2.96. The molecule has 1 aliphatic heterocycles. The molecule has 1 N–H and O–H groups in total. The molecule has 0 saturated carbocycles. The van der Waals surface area contributed by atoms with Gasteiger partial charge < -0.3 is 29.3 Å². The van der Waals surface area contributed by atoms with Crippen molar-refractivity contribution in [3.05, 3.63) is 53.3 Å². The Kier molecular flexibility index (Phi) is 8.49. The van der Waals surface area contributed by atoms with Gasteiger partial charge in [-0.25, -0.2) is 9.18 Å². The molecule has 2 unspecified atom stereocenters. The highest BCUT2D eigenvalue weighted by Gasteiger charge is 2.24. The number of ether oxygens (including phenoxy) is 3. The molecule has 1 saturated heterocycles. The van der Waals surface area contributed by atoms with Crippen LogP contribution in [-0.2, 0) is 17.8 Å². The summed E-state index contributed by atoms with van der Waals surface area (Å²) >= 11 is 0. The minimum Gasteiger partial charge on any atom is -0.493 e. The molecule has 34 heavy (non-hydrogen) atoms. The molecule has 2 aromatic rings. The first-order valence-electron chi connectivity index (χ1n) is 11.0. The average Bonchev–Trinajstić information content (AvgIpc) is 2.77. The Labute approximate surface area is 197 Å². The van der Waals surface area contributed by atoms with Gasteiger partial charge in [0.15, 0.2) is 11.5 Å². The maximum atomic E-state index is 14.8. The Hall–Kier alpha value is -3.14. The third-order valence-corrected chi connectivity index (χ3v) is 5.43. The van der Waals surface area contributed by atoms with E-state index in [4.69, 9.17) is 9.47 Å². The average molecular weight is 482 g/mol. The summed E-state index contributed by atoms with van der Waals surface area (Å²) in [5, 5.41) is 2.76. The zero-order valence-corrected chi connectivity index (χ0v) is 19.7. The van der Waals surface area contributed by atoms with Crippen molar-refractivity contribution in [3.8, 4) is 11.5 Å². The third-order valence-electron chi connectivity index (χ3n) is 5.43. The number of benzene rings is 2. The van der Waals surface area contributed by atoms with Gasteiger partial charge in [-0.3, -0.25) is 0 Å². The molecule has 7 nitrogen and oxygen atoms in total. The summed E-state index contributed by atoms with van der Waals surface area (Å²) in [6.07, 6.45) is 0.0382. The Morgan fingerprint density at radius 2 is 1.82 bits per heavy atom. The van der Waals surface area contributed by atoms with Crippen LogP contribution in [0.25, 0.3) is 0 Å². The molecule has 3 rings (SSSR count). The predicted molar refractivity (Wildman–Crippen MR) is 122 cm³/mol. The van der Waals surface area contributed by atoms with Gasteiger partial charge in [-0.15, -0.1) is 0 Å². The fourth-order valence-corrected chi connectivity index (χ4v) is 3.95. The van der Waals surface area contributed by atoms with Crippen LogP contribution in [0.15, 0.2) is 36.4 Å². The normalized spacial score (nSPS) is 18.1. The molecular formula is C24H30F3N3O4. The maximum Gasteiger partial charge on any atom is 0.387 e. The van der Waals surface area contributed by atoms with Gasteiger partial charge in [0, 0.05) is 33.2 Å². The van der Waals surface area contributed by atoms with Crippen LogP contribution in [0, 0.1) is 5.82 Å². The van der Waals surface area contributed by atoms with E-state index >= 15 is 0 Å². The van der Waals surface area contributed by atoms with Crippen molar-refractivity contribution in [1.82, 2.24) is 10.2 Å². The van der Waals surface area contributed by atoms with Crippen molar-refractivity contribution in [2.75, 3.05) is 32.1 Å². The summed E-state index contributed by atoms with van der Waals surface area (Å²) in [5.74, 6) is -0.286. The first-order chi connectivity index (χ1) is 16.2. The van der Waals surface area contributed by atoms with Crippen LogP contribution in [0.5, 0.6) is 11.5 Å². The van der Waals surface area contributed by atoms with Crippen LogP contribution < -0.4 is 19.7 Å². The summed E-state index contributed by atoms with van der Waals surface area (Å²) in [4.78, 5) is 15.9. The van der Waals surface area contributed by atoms with Crippen LogP contribution in [0.3, 0.4) is 0 Å². The molecule has 2 amide bonds. The second-order valence-corrected chi connectivity index (χ2v) is 8.33. The predicted octanol–water partition coefficient (Wildman–Crippen LogP) is 4.39. The molecular weight excluding hydrogens is 451 g/mol. The molecule has 2 aromatic carbocycles. The highest BCUT2D eigenvalue weighted by atomic mass is 19.3. The largest absolute Gasteiger partial charge is 0.493 e. The summed E-state index contributed by atoms with van der Waals surface area (Å²) in [5.41, 5.74) is 1.82. The molecule has 1 heterocycles. The number of nitrogens with zero attached hydrogens (tertiary/aromatic N) is 2. The summed E-state index contributed by atoms with van der Waals surface area (Å²) in [7, 11) is 2.94. The van der Waals surface area contributed by atoms with Crippen LogP contribution in [0.4, 0.5) is 23.7 Å². The monoisotopic (exact) mass is 481 g/mol.